The predicted octanol–water partition coefficient (Wildman–Crippen LogP) is -1.16. The van der Waals surface area contributed by atoms with Crippen molar-refractivity contribution in [2.45, 2.75) is 0 Å². The number of hydrogen-bond acceptors (Lipinski definition) is 4. The van der Waals surface area contributed by atoms with Gasteiger partial charge in [0.25, 0.3) is 0 Å². The molecule has 4 nitrogen and oxygen atoms in total. The van der Waals surface area contributed by atoms with Crippen LogP contribution in [0.4, 0.5) is 0 Å². The van der Waals surface area contributed by atoms with Crippen molar-refractivity contribution in [3.63, 3.8) is 0 Å². The van der Waals surface area contributed by atoms with E-state index >= 15 is 0 Å². The van der Waals surface area contributed by atoms with Crippen LogP contribution in [0.25, 0.3) is 0 Å². The van der Waals surface area contributed by atoms with Crippen molar-refractivity contribution in [1.29, 1.82) is 0 Å². The third kappa shape index (κ3) is 7.84. The molecule has 0 aromatic heterocycles. The summed E-state index contributed by atoms with van der Waals surface area (Å²) in [5.41, 5.74) is 0. The lowest BCUT2D eigenvalue weighted by molar-refractivity contribution is -0.118. The lowest BCUT2D eigenvalue weighted by atomic mass is 10.5. The number of likely N-dealkylation sites (N-methyl/N-ethyl adjacent to an activating group) is 1. The molecule has 5 heteroatoms. The lowest BCUT2D eigenvalue weighted by Gasteiger charge is -2.04. The first kappa shape index (κ1) is 11.7. The highest BCUT2D eigenvalue weighted by molar-refractivity contribution is 7.81. The third-order valence-corrected chi connectivity index (χ3v) is 1.61. The number of amides is 1. The van der Waals surface area contributed by atoms with Crippen LogP contribution >= 0.6 is 12.6 Å². The maximum absolute atomic E-state index is 10.7. The maximum Gasteiger partial charge on any atom is 0.229 e. The van der Waals surface area contributed by atoms with Crippen LogP contribution in [0.1, 0.15) is 0 Å². The molecule has 0 aromatic rings. The first-order valence-electron chi connectivity index (χ1n) is 4.04. The summed E-state index contributed by atoms with van der Waals surface area (Å²) in [6.07, 6.45) is 0. The molecule has 3 N–H and O–H groups in total. The first-order chi connectivity index (χ1) is 5.81. The van der Waals surface area contributed by atoms with Gasteiger partial charge in [0.2, 0.25) is 5.91 Å². The first-order valence-corrected chi connectivity index (χ1v) is 4.67. The van der Waals surface area contributed by atoms with Gasteiger partial charge in [-0.15, -0.1) is 0 Å². The molecule has 72 valence electrons. The lowest BCUT2D eigenvalue weighted by Crippen LogP contribution is -2.34. The minimum Gasteiger partial charge on any atom is -0.354 e. The summed E-state index contributed by atoms with van der Waals surface area (Å²) >= 11 is 3.83. The van der Waals surface area contributed by atoms with Crippen LogP contribution in [-0.4, -0.2) is 44.9 Å². The van der Waals surface area contributed by atoms with Crippen LogP contribution in [0.2, 0.25) is 0 Å². The number of rotatable bonds is 7. The van der Waals surface area contributed by atoms with Crippen molar-refractivity contribution in [2.24, 2.45) is 0 Å². The van der Waals surface area contributed by atoms with Crippen molar-refractivity contribution in [3.05, 3.63) is 0 Å². The Morgan fingerprint density at radius 2 is 1.92 bits per heavy atom. The molecule has 0 heterocycles. The number of hydrogen-bond donors (Lipinski definition) is 4. The van der Waals surface area contributed by atoms with Crippen LogP contribution in [0.5, 0.6) is 0 Å². The second-order valence-electron chi connectivity index (χ2n) is 2.36. The highest BCUT2D eigenvalue weighted by Gasteiger charge is 1.93. The standard InChI is InChI=1S/C7H17N3OS/c1-8-2-3-9-4-5-10-7(11)6-12/h8-9,12H,2-6H2,1H3,(H,10,11). The number of nitrogens with one attached hydrogen (secondary N) is 3. The van der Waals surface area contributed by atoms with Crippen molar-refractivity contribution < 1.29 is 4.79 Å². The average molecular weight is 191 g/mol. The van der Waals surface area contributed by atoms with Crippen molar-refractivity contribution >= 4 is 18.5 Å². The predicted molar refractivity (Wildman–Crippen MR) is 53.7 cm³/mol. The molecule has 0 bridgehead atoms. The van der Waals surface area contributed by atoms with E-state index in [0.717, 1.165) is 19.6 Å². The van der Waals surface area contributed by atoms with Crippen LogP contribution in [0, 0.1) is 0 Å². The molecule has 12 heavy (non-hydrogen) atoms. The zero-order chi connectivity index (χ0) is 9.23. The highest BCUT2D eigenvalue weighted by atomic mass is 32.1. The summed E-state index contributed by atoms with van der Waals surface area (Å²) in [5, 5.41) is 8.89. The van der Waals surface area contributed by atoms with E-state index in [1.54, 1.807) is 0 Å². The molecule has 0 spiro atoms. The second kappa shape index (κ2) is 8.83. The van der Waals surface area contributed by atoms with E-state index in [0.29, 0.717) is 6.54 Å². The second-order valence-corrected chi connectivity index (χ2v) is 2.68. The fourth-order valence-electron chi connectivity index (χ4n) is 0.685. The molecule has 1 amide bonds. The van der Waals surface area contributed by atoms with Gasteiger partial charge in [-0.3, -0.25) is 4.79 Å². The Balaban J connectivity index is 2.95. The number of thiol groups is 1. The molecule has 0 saturated carbocycles. The summed E-state index contributed by atoms with van der Waals surface area (Å²) < 4.78 is 0. The Labute approximate surface area is 78.9 Å². The van der Waals surface area contributed by atoms with Crippen LogP contribution in [0.3, 0.4) is 0 Å². The van der Waals surface area contributed by atoms with Crippen LogP contribution < -0.4 is 16.0 Å². The molecule has 0 unspecified atom stereocenters. The molecular formula is C7H17N3OS. The van der Waals surface area contributed by atoms with Gasteiger partial charge in [0.15, 0.2) is 0 Å². The largest absolute Gasteiger partial charge is 0.354 e. The van der Waals surface area contributed by atoms with E-state index in [-0.39, 0.29) is 11.7 Å². The molecule has 0 saturated heterocycles. The van der Waals surface area contributed by atoms with E-state index in [4.69, 9.17) is 0 Å². The quantitative estimate of drug-likeness (QED) is 0.303. The van der Waals surface area contributed by atoms with Crippen LogP contribution in [-0.2, 0) is 4.79 Å². The zero-order valence-electron chi connectivity index (χ0n) is 7.39. The highest BCUT2D eigenvalue weighted by Crippen LogP contribution is 1.71. The fourth-order valence-corrected chi connectivity index (χ4v) is 0.796. The van der Waals surface area contributed by atoms with E-state index in [1.807, 2.05) is 7.05 Å². The van der Waals surface area contributed by atoms with Gasteiger partial charge in [-0.2, -0.15) is 12.6 Å². The Bertz CT molecular complexity index is 121. The normalized spacial score (nSPS) is 9.83. The van der Waals surface area contributed by atoms with Crippen molar-refractivity contribution in [2.75, 3.05) is 39.0 Å². The van der Waals surface area contributed by atoms with Gasteiger partial charge in [0.1, 0.15) is 0 Å². The molecule has 0 rings (SSSR count). The van der Waals surface area contributed by atoms with E-state index in [9.17, 15) is 4.79 Å². The molecule has 0 fully saturated rings. The Kier molecular flexibility index (Phi) is 8.64. The smallest absolute Gasteiger partial charge is 0.229 e. The van der Waals surface area contributed by atoms with Gasteiger partial charge >= 0.3 is 0 Å². The maximum atomic E-state index is 10.7. The van der Waals surface area contributed by atoms with E-state index < -0.39 is 0 Å². The van der Waals surface area contributed by atoms with Crippen molar-refractivity contribution in [3.8, 4) is 0 Å². The molecule has 0 aliphatic rings. The Hall–Kier alpha value is -0.260. The third-order valence-electron chi connectivity index (χ3n) is 1.32. The van der Waals surface area contributed by atoms with Gasteiger partial charge in [-0.25, -0.2) is 0 Å². The number of carbonyl (C=O) groups is 1. The average Bonchev–Trinajstić information content (AvgIpc) is 2.10. The topological polar surface area (TPSA) is 53.2 Å². The molecule has 0 aliphatic heterocycles. The fraction of sp³-hybridized carbons (Fsp3) is 0.857. The monoisotopic (exact) mass is 191 g/mol. The summed E-state index contributed by atoms with van der Waals surface area (Å²) in [6.45, 7) is 3.35. The Morgan fingerprint density at radius 3 is 2.50 bits per heavy atom. The van der Waals surface area contributed by atoms with Gasteiger partial charge < -0.3 is 16.0 Å². The molecule has 0 radical (unpaired) electrons. The van der Waals surface area contributed by atoms with Gasteiger partial charge in [-0.1, -0.05) is 0 Å². The van der Waals surface area contributed by atoms with Crippen LogP contribution in [0.15, 0.2) is 0 Å². The van der Waals surface area contributed by atoms with Crippen molar-refractivity contribution in [1.82, 2.24) is 16.0 Å². The summed E-state index contributed by atoms with van der Waals surface area (Å²) in [7, 11) is 1.91. The minimum atomic E-state index is -0.0197. The van der Waals surface area contributed by atoms with E-state index in [2.05, 4.69) is 28.6 Å². The molecule has 0 atom stereocenters. The molecule has 0 aliphatic carbocycles. The van der Waals surface area contributed by atoms with Gasteiger partial charge in [-0.05, 0) is 7.05 Å². The van der Waals surface area contributed by atoms with Gasteiger partial charge in [0.05, 0.1) is 5.75 Å². The van der Waals surface area contributed by atoms with Gasteiger partial charge in [0, 0.05) is 26.2 Å². The summed E-state index contributed by atoms with van der Waals surface area (Å²) in [4.78, 5) is 10.7. The summed E-state index contributed by atoms with van der Waals surface area (Å²) in [5.74, 6) is 0.241. The minimum absolute atomic E-state index is 0.0197. The zero-order valence-corrected chi connectivity index (χ0v) is 8.29. The molecular weight excluding hydrogens is 174 g/mol. The number of carbonyl (C=O) groups excluding carboxylic acids is 1. The van der Waals surface area contributed by atoms with E-state index in [1.165, 1.54) is 0 Å². The summed E-state index contributed by atoms with van der Waals surface area (Å²) in [6, 6.07) is 0. The Morgan fingerprint density at radius 1 is 1.25 bits per heavy atom. The molecule has 0 aromatic carbocycles. The SMILES string of the molecule is CNCCNCCNC(=O)CS.